The van der Waals surface area contributed by atoms with Gasteiger partial charge in [-0.1, -0.05) is 42.7 Å². The van der Waals surface area contributed by atoms with Gasteiger partial charge in [0.15, 0.2) is 5.96 Å². The largest absolute Gasteiger partial charge is 0.480 e. The van der Waals surface area contributed by atoms with Crippen molar-refractivity contribution in [3.05, 3.63) is 35.4 Å². The summed E-state index contributed by atoms with van der Waals surface area (Å²) in [6, 6.07) is 2.73. The monoisotopic (exact) mass is 654 g/mol. The number of fused-ring (bicyclic) bond motifs is 1. The predicted octanol–water partition coefficient (Wildman–Crippen LogP) is 0.143. The molecule has 1 aromatic carbocycles. The molecule has 3 aliphatic rings. The number of carbonyl (C=O) groups excluding carboxylic acids is 4. The number of hydrogen-bond donors (Lipinski definition) is 6. The molecule has 4 rings (SSSR count). The van der Waals surface area contributed by atoms with Crippen molar-refractivity contribution in [3.63, 3.8) is 0 Å². The predicted molar refractivity (Wildman–Crippen MR) is 176 cm³/mol. The minimum absolute atomic E-state index is 0.0260. The number of carbonyl (C=O) groups is 5. The Morgan fingerprint density at radius 1 is 1.00 bits per heavy atom. The van der Waals surface area contributed by atoms with Crippen molar-refractivity contribution >= 4 is 35.6 Å². The van der Waals surface area contributed by atoms with Gasteiger partial charge in [0.25, 0.3) is 0 Å². The Labute approximate surface area is 275 Å². The van der Waals surface area contributed by atoms with Crippen LogP contribution in [-0.2, 0) is 30.4 Å². The molecule has 1 aromatic rings. The second-order valence-electron chi connectivity index (χ2n) is 13.2. The van der Waals surface area contributed by atoms with Gasteiger partial charge in [0.1, 0.15) is 24.2 Å². The number of hydrogen-bond acceptors (Lipinski definition) is 7. The number of aliphatic carboxylic acids is 1. The molecule has 258 valence electrons. The molecule has 0 unspecified atom stereocenters. The summed E-state index contributed by atoms with van der Waals surface area (Å²) >= 11 is 0. The third-order valence-electron chi connectivity index (χ3n) is 9.68. The first-order valence-electron chi connectivity index (χ1n) is 16.7. The molecule has 0 spiro atoms. The van der Waals surface area contributed by atoms with E-state index in [2.05, 4.69) is 15.6 Å². The van der Waals surface area contributed by atoms with Crippen LogP contribution in [-0.4, -0.2) is 99.8 Å². The zero-order valence-electron chi connectivity index (χ0n) is 27.4. The Morgan fingerprint density at radius 3 is 2.38 bits per heavy atom. The van der Waals surface area contributed by atoms with E-state index in [1.165, 1.54) is 11.8 Å². The number of carboxylic acid groups (broad SMARTS) is 1. The van der Waals surface area contributed by atoms with Crippen molar-refractivity contribution < 1.29 is 29.1 Å². The van der Waals surface area contributed by atoms with E-state index in [4.69, 9.17) is 17.2 Å². The van der Waals surface area contributed by atoms with Crippen molar-refractivity contribution in [2.24, 2.45) is 28.1 Å². The number of nitrogens with two attached hydrogens (primary N) is 3. The normalized spacial score (nSPS) is 24.1. The van der Waals surface area contributed by atoms with Gasteiger partial charge in [0, 0.05) is 25.6 Å². The van der Waals surface area contributed by atoms with Gasteiger partial charge in [0.2, 0.25) is 23.6 Å². The van der Waals surface area contributed by atoms with E-state index in [1.807, 2.05) is 31.2 Å². The summed E-state index contributed by atoms with van der Waals surface area (Å²) in [5.74, 6) is -2.70. The molecule has 47 heavy (non-hydrogen) atoms. The number of amides is 4. The summed E-state index contributed by atoms with van der Waals surface area (Å²) in [4.78, 5) is 73.4. The van der Waals surface area contributed by atoms with Crippen LogP contribution in [0.3, 0.4) is 0 Å². The van der Waals surface area contributed by atoms with Crippen LogP contribution in [0.1, 0.15) is 75.8 Å². The Balaban J connectivity index is 1.40. The molecular weight excluding hydrogens is 604 g/mol. The molecule has 4 amide bonds. The molecule has 1 saturated carbocycles. The average molecular weight is 655 g/mol. The first-order valence-corrected chi connectivity index (χ1v) is 16.7. The van der Waals surface area contributed by atoms with Gasteiger partial charge in [-0.15, -0.1) is 0 Å². The van der Waals surface area contributed by atoms with Crippen LogP contribution in [0.2, 0.25) is 0 Å². The quantitative estimate of drug-likeness (QED) is 0.0965. The first-order chi connectivity index (χ1) is 22.4. The number of rotatable bonds is 13. The van der Waals surface area contributed by atoms with Crippen molar-refractivity contribution in [2.75, 3.05) is 13.1 Å². The number of likely N-dealkylation sites (tertiary alicyclic amines) is 2. The van der Waals surface area contributed by atoms with Crippen molar-refractivity contribution in [2.45, 2.75) is 114 Å². The lowest BCUT2D eigenvalue weighted by Gasteiger charge is -2.37. The van der Waals surface area contributed by atoms with Gasteiger partial charge in [0.05, 0.1) is 6.04 Å². The van der Waals surface area contributed by atoms with E-state index in [0.717, 1.165) is 36.8 Å². The minimum atomic E-state index is -1.19. The Bertz CT molecular complexity index is 1330. The van der Waals surface area contributed by atoms with Crippen molar-refractivity contribution in [3.8, 4) is 0 Å². The third kappa shape index (κ3) is 8.99. The fourth-order valence-electron chi connectivity index (χ4n) is 7.16. The number of carboxylic acids is 1. The molecular formula is C33H50N8O6. The Morgan fingerprint density at radius 2 is 1.70 bits per heavy atom. The molecule has 3 fully saturated rings. The zero-order chi connectivity index (χ0) is 34.2. The number of guanidine groups is 1. The molecule has 0 bridgehead atoms. The Hall–Kier alpha value is -4.20. The highest BCUT2D eigenvalue weighted by Crippen LogP contribution is 2.41. The second-order valence-corrected chi connectivity index (χ2v) is 13.2. The molecule has 14 heteroatoms. The smallest absolute Gasteiger partial charge is 0.326 e. The maximum Gasteiger partial charge on any atom is 0.326 e. The van der Waals surface area contributed by atoms with Gasteiger partial charge in [-0.25, -0.2) is 4.79 Å². The summed E-state index contributed by atoms with van der Waals surface area (Å²) in [5.41, 5.74) is 18.9. The number of benzene rings is 1. The molecule has 7 atom stereocenters. The summed E-state index contributed by atoms with van der Waals surface area (Å²) in [7, 11) is 0. The highest BCUT2D eigenvalue weighted by Gasteiger charge is 2.51. The second kappa shape index (κ2) is 16.1. The molecule has 0 radical (unpaired) electrons. The highest BCUT2D eigenvalue weighted by atomic mass is 16.4. The summed E-state index contributed by atoms with van der Waals surface area (Å²) in [6.45, 7) is 4.11. The van der Waals surface area contributed by atoms with E-state index in [9.17, 15) is 29.1 Å². The average Bonchev–Trinajstić information content (AvgIpc) is 3.68. The lowest BCUT2D eigenvalue weighted by Crippen LogP contribution is -2.58. The van der Waals surface area contributed by atoms with Crippen molar-refractivity contribution in [1.29, 1.82) is 0 Å². The summed E-state index contributed by atoms with van der Waals surface area (Å²) < 4.78 is 0. The van der Waals surface area contributed by atoms with Crippen LogP contribution in [0.15, 0.2) is 29.3 Å². The Kier molecular flexibility index (Phi) is 12.2. The molecule has 14 nitrogen and oxygen atoms in total. The fraction of sp³-hybridized carbons (Fsp3) is 0.636. The lowest BCUT2D eigenvalue weighted by atomic mass is 9.84. The lowest BCUT2D eigenvalue weighted by molar-refractivity contribution is -0.149. The van der Waals surface area contributed by atoms with Gasteiger partial charge >= 0.3 is 5.97 Å². The highest BCUT2D eigenvalue weighted by molar-refractivity contribution is 5.96. The van der Waals surface area contributed by atoms with E-state index in [-0.39, 0.29) is 36.2 Å². The maximum atomic E-state index is 14.1. The number of nitrogens with one attached hydrogen (secondary N) is 2. The fourth-order valence-corrected chi connectivity index (χ4v) is 7.16. The third-order valence-corrected chi connectivity index (χ3v) is 9.68. The van der Waals surface area contributed by atoms with Crippen LogP contribution in [0.4, 0.5) is 0 Å². The topological polar surface area (TPSA) is 227 Å². The van der Waals surface area contributed by atoms with Gasteiger partial charge in [-0.05, 0) is 70.3 Å². The van der Waals surface area contributed by atoms with Crippen LogP contribution in [0.5, 0.6) is 0 Å². The van der Waals surface area contributed by atoms with Gasteiger partial charge in [-0.3, -0.25) is 24.2 Å². The van der Waals surface area contributed by atoms with E-state index < -0.39 is 48.0 Å². The number of aliphatic imine (C=N–C) groups is 1. The first kappa shape index (κ1) is 35.7. The van der Waals surface area contributed by atoms with E-state index in [1.54, 1.807) is 4.90 Å². The SMILES string of the molecule is Cc1ccc(C[C@H](NC(=O)[C@@H](C)NC(=O)[C@@H]2CCCN2C(=O)[C@@H]2C[C@@H]3CCCC[C@@H]3N2C(=O)[C@H](N)CCCN=C(N)N)C(=O)O)cc1. The zero-order valence-corrected chi connectivity index (χ0v) is 27.4. The minimum Gasteiger partial charge on any atom is -0.480 e. The summed E-state index contributed by atoms with van der Waals surface area (Å²) in [5, 5.41) is 14.9. The van der Waals surface area contributed by atoms with Crippen LogP contribution in [0.25, 0.3) is 0 Å². The maximum absolute atomic E-state index is 14.1. The van der Waals surface area contributed by atoms with Crippen LogP contribution >= 0.6 is 0 Å². The van der Waals surface area contributed by atoms with E-state index >= 15 is 0 Å². The standard InChI is InChI=1S/C33H50N8O6/c1-19-11-13-21(14-12-19)17-24(32(46)47)39-28(42)20(2)38-29(43)26-10-6-16-40(26)31(45)27-18-22-7-3-4-9-25(22)41(27)30(44)23(34)8-5-15-37-33(35)36/h11-14,20,22-27H,3-10,15-18,34H2,1-2H3,(H,38,43)(H,39,42)(H,46,47)(H4,35,36,37)/t20-,22+,23-,24+,25+,26+,27+/m1/s1. The van der Waals surface area contributed by atoms with Crippen LogP contribution < -0.4 is 27.8 Å². The molecule has 2 aliphatic heterocycles. The van der Waals surface area contributed by atoms with E-state index in [0.29, 0.717) is 45.2 Å². The molecule has 2 saturated heterocycles. The van der Waals surface area contributed by atoms with Crippen molar-refractivity contribution in [1.82, 2.24) is 20.4 Å². The molecule has 9 N–H and O–H groups in total. The molecule has 0 aromatic heterocycles. The molecule has 1 aliphatic carbocycles. The van der Waals surface area contributed by atoms with Gasteiger partial charge in [-0.2, -0.15) is 0 Å². The summed E-state index contributed by atoms with van der Waals surface area (Å²) in [6.07, 6.45) is 6.24. The molecule has 2 heterocycles. The van der Waals surface area contributed by atoms with Crippen LogP contribution in [0, 0.1) is 12.8 Å². The number of nitrogens with zero attached hydrogens (tertiary/aromatic N) is 3. The van der Waals surface area contributed by atoms with Gasteiger partial charge < -0.3 is 42.7 Å². The number of aryl methyl sites for hydroxylation is 1.